The summed E-state index contributed by atoms with van der Waals surface area (Å²) in [6.45, 7) is 0.936. The van der Waals surface area contributed by atoms with Crippen LogP contribution in [0.4, 0.5) is 20.2 Å². The molecule has 1 aromatic carbocycles. The average Bonchev–Trinajstić information content (AvgIpc) is 2.30. The van der Waals surface area contributed by atoms with Crippen molar-refractivity contribution in [1.29, 1.82) is 0 Å². The van der Waals surface area contributed by atoms with E-state index >= 15 is 0 Å². The van der Waals surface area contributed by atoms with Gasteiger partial charge in [-0.1, -0.05) is 0 Å². The summed E-state index contributed by atoms with van der Waals surface area (Å²) in [6.07, 6.45) is -2.65. The molecule has 0 saturated carbocycles. The van der Waals surface area contributed by atoms with E-state index in [9.17, 15) is 13.6 Å². The number of hydrogen-bond donors (Lipinski definition) is 2. The van der Waals surface area contributed by atoms with E-state index in [0.29, 0.717) is 0 Å². The summed E-state index contributed by atoms with van der Waals surface area (Å²) in [4.78, 5) is 11.6. The first-order valence-electron chi connectivity index (χ1n) is 5.22. The van der Waals surface area contributed by atoms with Gasteiger partial charge in [-0.05, 0) is 13.0 Å². The van der Waals surface area contributed by atoms with Crippen LogP contribution < -0.4 is 16.2 Å². The number of carbonyl (C=O) groups is 1. The van der Waals surface area contributed by atoms with Gasteiger partial charge in [0.2, 0.25) is 0 Å². The molecule has 100 valence electrons. The maximum absolute atomic E-state index is 12.1. The Balaban J connectivity index is 3.04. The van der Waals surface area contributed by atoms with Crippen LogP contribution in [0.2, 0.25) is 0 Å². The number of nitrogens with two attached hydrogens (primary N) is 2. The maximum atomic E-state index is 12.1. The molecule has 0 amide bonds. The van der Waals surface area contributed by atoms with Crippen molar-refractivity contribution in [3.63, 3.8) is 0 Å². The molecule has 0 unspecified atom stereocenters. The van der Waals surface area contributed by atoms with E-state index in [0.717, 1.165) is 0 Å². The smallest absolute Gasteiger partial charge is 0.341 e. The minimum atomic E-state index is -2.65. The molecule has 0 spiro atoms. The van der Waals surface area contributed by atoms with Crippen molar-refractivity contribution in [2.24, 2.45) is 0 Å². The van der Waals surface area contributed by atoms with Gasteiger partial charge < -0.3 is 20.9 Å². The van der Waals surface area contributed by atoms with E-state index in [2.05, 4.69) is 0 Å². The van der Waals surface area contributed by atoms with Crippen molar-refractivity contribution < 1.29 is 23.0 Å². The number of ether oxygens (including phenoxy) is 2. The van der Waals surface area contributed by atoms with E-state index in [1.807, 2.05) is 0 Å². The lowest BCUT2D eigenvalue weighted by atomic mass is 10.1. The molecule has 0 fully saturated rings. The van der Waals surface area contributed by atoms with E-state index in [4.69, 9.17) is 20.9 Å². The van der Waals surface area contributed by atoms with Gasteiger partial charge in [-0.25, -0.2) is 13.6 Å². The minimum absolute atomic E-state index is 0.0239. The second-order valence-corrected chi connectivity index (χ2v) is 3.40. The standard InChI is InChI=1S/C11H14F2N2O3/c1-2-17-11(16)6-3-7(14)8(15)4-9(6)18-5-10(12)13/h3-4,10H,2,5,14-15H2,1H3. The number of carbonyl (C=O) groups excluding carboxylic acids is 1. The van der Waals surface area contributed by atoms with Crippen LogP contribution in [0.3, 0.4) is 0 Å². The largest absolute Gasteiger partial charge is 0.487 e. The van der Waals surface area contributed by atoms with Crippen molar-refractivity contribution in [3.05, 3.63) is 17.7 Å². The van der Waals surface area contributed by atoms with E-state index < -0.39 is 19.0 Å². The summed E-state index contributed by atoms with van der Waals surface area (Å²) >= 11 is 0. The van der Waals surface area contributed by atoms with Crippen LogP contribution in [0, 0.1) is 0 Å². The zero-order valence-electron chi connectivity index (χ0n) is 9.78. The summed E-state index contributed by atoms with van der Waals surface area (Å²) in [5.41, 5.74) is 11.3. The van der Waals surface area contributed by atoms with Crippen LogP contribution in [0.1, 0.15) is 17.3 Å². The van der Waals surface area contributed by atoms with Crippen LogP contribution in [-0.2, 0) is 4.74 Å². The fourth-order valence-electron chi connectivity index (χ4n) is 1.25. The molecule has 0 aliphatic heterocycles. The fraction of sp³-hybridized carbons (Fsp3) is 0.364. The number of esters is 1. The van der Waals surface area contributed by atoms with E-state index in [1.165, 1.54) is 12.1 Å². The van der Waals surface area contributed by atoms with Gasteiger partial charge in [-0.3, -0.25) is 0 Å². The van der Waals surface area contributed by atoms with Gasteiger partial charge in [-0.2, -0.15) is 0 Å². The molecule has 0 aromatic heterocycles. The van der Waals surface area contributed by atoms with Gasteiger partial charge in [0, 0.05) is 6.07 Å². The Morgan fingerprint density at radius 2 is 1.94 bits per heavy atom. The van der Waals surface area contributed by atoms with Crippen LogP contribution in [-0.4, -0.2) is 25.6 Å². The molecular weight excluding hydrogens is 246 g/mol. The SMILES string of the molecule is CCOC(=O)c1cc(N)c(N)cc1OCC(F)F. The highest BCUT2D eigenvalue weighted by atomic mass is 19.3. The Morgan fingerprint density at radius 3 is 2.50 bits per heavy atom. The van der Waals surface area contributed by atoms with E-state index in [1.54, 1.807) is 6.92 Å². The van der Waals surface area contributed by atoms with Crippen LogP contribution >= 0.6 is 0 Å². The number of halogens is 2. The fourth-order valence-corrected chi connectivity index (χ4v) is 1.25. The Kier molecular flexibility index (Phi) is 4.70. The first-order chi connectivity index (χ1) is 8.45. The second-order valence-electron chi connectivity index (χ2n) is 3.40. The quantitative estimate of drug-likeness (QED) is 0.621. The average molecular weight is 260 g/mol. The molecular formula is C11H14F2N2O3. The molecule has 18 heavy (non-hydrogen) atoms. The second kappa shape index (κ2) is 6.04. The Bertz CT molecular complexity index is 439. The van der Waals surface area contributed by atoms with Crippen LogP contribution in [0.5, 0.6) is 5.75 Å². The molecule has 0 aliphatic carbocycles. The van der Waals surface area contributed by atoms with Gasteiger partial charge in [-0.15, -0.1) is 0 Å². The summed E-state index contributed by atoms with van der Waals surface area (Å²) in [6, 6.07) is 2.47. The number of rotatable bonds is 5. The minimum Gasteiger partial charge on any atom is -0.487 e. The van der Waals surface area contributed by atoms with Crippen molar-refractivity contribution in [2.45, 2.75) is 13.3 Å². The molecule has 0 heterocycles. The highest BCUT2D eigenvalue weighted by Gasteiger charge is 2.17. The predicted molar refractivity (Wildman–Crippen MR) is 62.7 cm³/mol. The van der Waals surface area contributed by atoms with Crippen LogP contribution in [0.25, 0.3) is 0 Å². The Hall–Kier alpha value is -2.05. The highest BCUT2D eigenvalue weighted by Crippen LogP contribution is 2.28. The topological polar surface area (TPSA) is 87.6 Å². The van der Waals surface area contributed by atoms with E-state index in [-0.39, 0.29) is 29.3 Å². The van der Waals surface area contributed by atoms with Crippen LogP contribution in [0.15, 0.2) is 12.1 Å². The maximum Gasteiger partial charge on any atom is 0.341 e. The molecule has 0 aliphatic rings. The normalized spacial score (nSPS) is 10.4. The van der Waals surface area contributed by atoms with Gasteiger partial charge in [0.25, 0.3) is 6.43 Å². The van der Waals surface area contributed by atoms with Crippen molar-refractivity contribution in [1.82, 2.24) is 0 Å². The van der Waals surface area contributed by atoms with Gasteiger partial charge in [0.15, 0.2) is 0 Å². The predicted octanol–water partition coefficient (Wildman–Crippen LogP) is 1.67. The number of anilines is 2. The van der Waals surface area contributed by atoms with Crippen molar-refractivity contribution in [3.8, 4) is 5.75 Å². The lowest BCUT2D eigenvalue weighted by Gasteiger charge is -2.12. The highest BCUT2D eigenvalue weighted by molar-refractivity contribution is 5.95. The zero-order valence-corrected chi connectivity index (χ0v) is 9.78. The Morgan fingerprint density at radius 1 is 1.33 bits per heavy atom. The van der Waals surface area contributed by atoms with Crippen molar-refractivity contribution >= 4 is 17.3 Å². The lowest BCUT2D eigenvalue weighted by molar-refractivity contribution is 0.0508. The third-order valence-electron chi connectivity index (χ3n) is 2.05. The van der Waals surface area contributed by atoms with Crippen molar-refractivity contribution in [2.75, 3.05) is 24.7 Å². The first kappa shape index (κ1) is 14.0. The molecule has 0 radical (unpaired) electrons. The first-order valence-corrected chi connectivity index (χ1v) is 5.22. The summed E-state index contributed by atoms with van der Waals surface area (Å²) in [7, 11) is 0. The molecule has 1 aromatic rings. The number of hydrogen-bond acceptors (Lipinski definition) is 5. The lowest BCUT2D eigenvalue weighted by Crippen LogP contribution is -2.13. The molecule has 0 saturated heterocycles. The zero-order chi connectivity index (χ0) is 13.7. The van der Waals surface area contributed by atoms with Gasteiger partial charge in [0.1, 0.15) is 17.9 Å². The summed E-state index contributed by atoms with van der Waals surface area (Å²) in [5.74, 6) is -0.770. The molecule has 1 rings (SSSR count). The number of alkyl halides is 2. The summed E-state index contributed by atoms with van der Waals surface area (Å²) in [5, 5.41) is 0. The molecule has 0 atom stereocenters. The molecule has 0 bridgehead atoms. The number of benzene rings is 1. The van der Waals surface area contributed by atoms with Gasteiger partial charge in [0.05, 0.1) is 18.0 Å². The number of nitrogen functional groups attached to an aromatic ring is 2. The molecule has 5 nitrogen and oxygen atoms in total. The third-order valence-corrected chi connectivity index (χ3v) is 2.05. The Labute approximate surface area is 103 Å². The monoisotopic (exact) mass is 260 g/mol. The van der Waals surface area contributed by atoms with Gasteiger partial charge >= 0.3 is 5.97 Å². The molecule has 7 heteroatoms. The summed E-state index contributed by atoms with van der Waals surface area (Å²) < 4.78 is 33.8. The third kappa shape index (κ3) is 3.47. The molecule has 4 N–H and O–H groups in total.